The molecule has 3 rings (SSSR count). The number of ether oxygens (including phenoxy) is 2. The number of benzene rings is 1. The highest BCUT2D eigenvalue weighted by Crippen LogP contribution is 2.31. The summed E-state index contributed by atoms with van der Waals surface area (Å²) in [5.74, 6) is 0.196. The summed E-state index contributed by atoms with van der Waals surface area (Å²) in [6.07, 6.45) is 1.66. The molecule has 8 nitrogen and oxygen atoms in total. The summed E-state index contributed by atoms with van der Waals surface area (Å²) in [4.78, 5) is 45.4. The molecule has 2 aromatic rings. The zero-order valence-corrected chi connectivity index (χ0v) is 22.2. The van der Waals surface area contributed by atoms with Gasteiger partial charge in [-0.2, -0.15) is 0 Å². The fourth-order valence-corrected chi connectivity index (χ4v) is 4.83. The van der Waals surface area contributed by atoms with Crippen molar-refractivity contribution in [2.24, 2.45) is 0 Å². The van der Waals surface area contributed by atoms with E-state index in [9.17, 15) is 14.4 Å². The van der Waals surface area contributed by atoms with Crippen molar-refractivity contribution in [1.29, 1.82) is 0 Å². The Bertz CT molecular complexity index is 1030. The molecule has 0 saturated carbocycles. The summed E-state index contributed by atoms with van der Waals surface area (Å²) in [5.41, 5.74) is 0.379. The number of aromatic nitrogens is 1. The van der Waals surface area contributed by atoms with Gasteiger partial charge in [0.1, 0.15) is 23.6 Å². The molecule has 0 spiro atoms. The van der Waals surface area contributed by atoms with Crippen LogP contribution in [0.2, 0.25) is 0 Å². The first-order valence-corrected chi connectivity index (χ1v) is 12.8. The van der Waals surface area contributed by atoms with E-state index in [0.717, 1.165) is 23.6 Å². The van der Waals surface area contributed by atoms with Crippen molar-refractivity contribution in [3.63, 3.8) is 0 Å². The summed E-state index contributed by atoms with van der Waals surface area (Å²) in [6, 6.07) is 7.26. The SMILES string of the molecule is CC(C)Oc1ccc(C(=O)N2CCC(c3nc(C(=O)N(C)CC(=O)OC(C)(C)C)cs3)CC2)cc1. The van der Waals surface area contributed by atoms with E-state index in [4.69, 9.17) is 9.47 Å². The zero-order chi connectivity index (χ0) is 25.8. The Morgan fingerprint density at radius 1 is 1.14 bits per heavy atom. The van der Waals surface area contributed by atoms with Gasteiger partial charge in [0, 0.05) is 37.0 Å². The minimum absolute atomic E-state index is 0.0123. The molecule has 1 saturated heterocycles. The van der Waals surface area contributed by atoms with Crippen LogP contribution in [-0.4, -0.2) is 71.0 Å². The van der Waals surface area contributed by atoms with E-state index in [2.05, 4.69) is 4.98 Å². The Labute approximate surface area is 211 Å². The normalized spacial score (nSPS) is 14.7. The molecule has 1 aromatic heterocycles. The average Bonchev–Trinajstić information content (AvgIpc) is 3.27. The molecule has 0 bridgehead atoms. The molecule has 0 atom stereocenters. The van der Waals surface area contributed by atoms with E-state index in [-0.39, 0.29) is 30.4 Å². The lowest BCUT2D eigenvalue weighted by Crippen LogP contribution is -2.38. The predicted molar refractivity (Wildman–Crippen MR) is 135 cm³/mol. The fourth-order valence-electron chi connectivity index (χ4n) is 3.87. The predicted octanol–water partition coefficient (Wildman–Crippen LogP) is 4.36. The molecule has 0 unspecified atom stereocenters. The van der Waals surface area contributed by atoms with E-state index in [1.165, 1.54) is 16.2 Å². The lowest BCUT2D eigenvalue weighted by molar-refractivity contribution is -0.155. The molecule has 190 valence electrons. The van der Waals surface area contributed by atoms with Crippen molar-refractivity contribution in [1.82, 2.24) is 14.8 Å². The van der Waals surface area contributed by atoms with Crippen LogP contribution in [0.4, 0.5) is 0 Å². The van der Waals surface area contributed by atoms with Gasteiger partial charge in [-0.25, -0.2) is 4.98 Å². The van der Waals surface area contributed by atoms with E-state index in [1.807, 2.05) is 30.9 Å². The van der Waals surface area contributed by atoms with Gasteiger partial charge < -0.3 is 19.3 Å². The minimum atomic E-state index is -0.601. The quantitative estimate of drug-likeness (QED) is 0.524. The van der Waals surface area contributed by atoms with Crippen molar-refractivity contribution in [3.8, 4) is 5.75 Å². The molecule has 0 radical (unpaired) electrons. The number of esters is 1. The lowest BCUT2D eigenvalue weighted by atomic mass is 9.97. The van der Waals surface area contributed by atoms with Gasteiger partial charge >= 0.3 is 5.97 Å². The van der Waals surface area contributed by atoms with Crippen LogP contribution in [0.15, 0.2) is 29.6 Å². The van der Waals surface area contributed by atoms with Crippen molar-refractivity contribution in [3.05, 3.63) is 45.9 Å². The highest BCUT2D eigenvalue weighted by Gasteiger charge is 2.28. The van der Waals surface area contributed by atoms with Gasteiger partial charge in [-0.3, -0.25) is 14.4 Å². The van der Waals surface area contributed by atoms with Crippen molar-refractivity contribution >= 4 is 29.1 Å². The summed E-state index contributed by atoms with van der Waals surface area (Å²) < 4.78 is 10.9. The molecule has 1 aliphatic heterocycles. The maximum Gasteiger partial charge on any atom is 0.326 e. The van der Waals surface area contributed by atoms with E-state index in [0.29, 0.717) is 24.3 Å². The summed E-state index contributed by atoms with van der Waals surface area (Å²) in [7, 11) is 1.57. The fraction of sp³-hybridized carbons (Fsp3) is 0.538. The monoisotopic (exact) mass is 501 g/mol. The second-order valence-electron chi connectivity index (χ2n) is 10.1. The van der Waals surface area contributed by atoms with Crippen LogP contribution in [0.25, 0.3) is 0 Å². The molecular formula is C26H35N3O5S. The lowest BCUT2D eigenvalue weighted by Gasteiger charge is -2.31. The first-order valence-electron chi connectivity index (χ1n) is 11.9. The van der Waals surface area contributed by atoms with Crippen LogP contribution in [-0.2, 0) is 9.53 Å². The third-order valence-electron chi connectivity index (χ3n) is 5.48. The van der Waals surface area contributed by atoms with Gasteiger partial charge in [0.25, 0.3) is 11.8 Å². The second kappa shape index (κ2) is 11.2. The number of likely N-dealkylation sites (N-methyl/N-ethyl adjacent to an activating group) is 1. The molecule has 1 aliphatic rings. The third kappa shape index (κ3) is 7.52. The van der Waals surface area contributed by atoms with Gasteiger partial charge in [-0.15, -0.1) is 11.3 Å². The largest absolute Gasteiger partial charge is 0.491 e. The molecule has 1 fully saturated rings. The van der Waals surface area contributed by atoms with Crippen LogP contribution < -0.4 is 4.74 Å². The maximum atomic E-state index is 12.9. The van der Waals surface area contributed by atoms with Crippen LogP contribution in [0.3, 0.4) is 0 Å². The molecule has 0 N–H and O–H groups in total. The number of carbonyl (C=O) groups is 3. The maximum absolute atomic E-state index is 12.9. The topological polar surface area (TPSA) is 89.0 Å². The van der Waals surface area contributed by atoms with Gasteiger partial charge in [-0.1, -0.05) is 0 Å². The zero-order valence-electron chi connectivity index (χ0n) is 21.4. The molecule has 0 aliphatic carbocycles. The number of likely N-dealkylation sites (tertiary alicyclic amines) is 1. The van der Waals surface area contributed by atoms with Gasteiger partial charge in [0.05, 0.1) is 11.1 Å². The number of carbonyl (C=O) groups excluding carboxylic acids is 3. The number of hydrogen-bond acceptors (Lipinski definition) is 7. The Morgan fingerprint density at radius 2 is 1.77 bits per heavy atom. The van der Waals surface area contributed by atoms with Gasteiger partial charge in [0.2, 0.25) is 0 Å². The number of thiazole rings is 1. The first-order chi connectivity index (χ1) is 16.4. The van der Waals surface area contributed by atoms with Gasteiger partial charge in [-0.05, 0) is 71.7 Å². The first kappa shape index (κ1) is 26.7. The van der Waals surface area contributed by atoms with E-state index in [1.54, 1.807) is 45.3 Å². The highest BCUT2D eigenvalue weighted by atomic mass is 32.1. The van der Waals surface area contributed by atoms with Crippen LogP contribution in [0, 0.1) is 0 Å². The van der Waals surface area contributed by atoms with E-state index < -0.39 is 11.6 Å². The summed E-state index contributed by atoms with van der Waals surface area (Å²) >= 11 is 1.45. The molecule has 2 amide bonds. The Morgan fingerprint density at radius 3 is 2.34 bits per heavy atom. The Hall–Kier alpha value is -2.94. The van der Waals surface area contributed by atoms with Crippen molar-refractivity contribution in [2.45, 2.75) is 65.1 Å². The van der Waals surface area contributed by atoms with E-state index >= 15 is 0 Å². The standard InChI is InChI=1S/C26H35N3O5S/c1-17(2)33-20-9-7-19(8-10-20)24(31)29-13-11-18(12-14-29)23-27-21(16-35-23)25(32)28(6)15-22(30)34-26(3,4)5/h7-10,16-18H,11-15H2,1-6H3. The third-order valence-corrected chi connectivity index (χ3v) is 6.49. The second-order valence-corrected chi connectivity index (χ2v) is 11.0. The number of piperidine rings is 1. The smallest absolute Gasteiger partial charge is 0.326 e. The van der Waals surface area contributed by atoms with Crippen molar-refractivity contribution < 1.29 is 23.9 Å². The average molecular weight is 502 g/mol. The molecule has 1 aromatic carbocycles. The van der Waals surface area contributed by atoms with Crippen LogP contribution >= 0.6 is 11.3 Å². The molecule has 9 heteroatoms. The number of nitrogens with zero attached hydrogens (tertiary/aromatic N) is 3. The Balaban J connectivity index is 1.53. The Kier molecular flexibility index (Phi) is 8.53. The summed E-state index contributed by atoms with van der Waals surface area (Å²) in [5, 5.41) is 2.63. The molecule has 2 heterocycles. The number of rotatable bonds is 7. The highest BCUT2D eigenvalue weighted by molar-refractivity contribution is 7.09. The number of hydrogen-bond donors (Lipinski definition) is 0. The minimum Gasteiger partial charge on any atom is -0.491 e. The van der Waals surface area contributed by atoms with Crippen LogP contribution in [0.1, 0.15) is 79.2 Å². The van der Waals surface area contributed by atoms with Crippen molar-refractivity contribution in [2.75, 3.05) is 26.7 Å². The number of amides is 2. The van der Waals surface area contributed by atoms with Gasteiger partial charge in [0.15, 0.2) is 0 Å². The summed E-state index contributed by atoms with van der Waals surface area (Å²) in [6.45, 7) is 10.4. The molecule has 35 heavy (non-hydrogen) atoms. The molecular weight excluding hydrogens is 466 g/mol. The van der Waals surface area contributed by atoms with Crippen LogP contribution in [0.5, 0.6) is 5.75 Å².